The van der Waals surface area contributed by atoms with E-state index in [0.717, 1.165) is 0 Å². The lowest BCUT2D eigenvalue weighted by Gasteiger charge is -2.28. The van der Waals surface area contributed by atoms with Gasteiger partial charge in [0.05, 0.1) is 19.2 Å². The topological polar surface area (TPSA) is 128 Å². The van der Waals surface area contributed by atoms with Gasteiger partial charge >= 0.3 is 6.09 Å². The number of halogens is 1. The molecule has 164 valence electrons. The molecule has 1 aromatic carbocycles. The first kappa shape index (κ1) is 21.8. The van der Waals surface area contributed by atoms with Crippen molar-refractivity contribution in [2.75, 3.05) is 12.0 Å². The van der Waals surface area contributed by atoms with Gasteiger partial charge in [-0.05, 0) is 45.0 Å². The number of rotatable bonds is 5. The van der Waals surface area contributed by atoms with E-state index in [0.29, 0.717) is 5.56 Å². The van der Waals surface area contributed by atoms with Gasteiger partial charge in [-0.25, -0.2) is 9.18 Å². The van der Waals surface area contributed by atoms with E-state index >= 15 is 0 Å². The van der Waals surface area contributed by atoms with Crippen LogP contribution in [0.4, 0.5) is 15.0 Å². The van der Waals surface area contributed by atoms with Crippen LogP contribution in [-0.2, 0) is 11.3 Å². The maximum atomic E-state index is 14.6. The number of aromatic nitrogens is 3. The first-order valence-electron chi connectivity index (χ1n) is 9.28. The fourth-order valence-electron chi connectivity index (χ4n) is 2.97. The summed E-state index contributed by atoms with van der Waals surface area (Å²) in [6.07, 6.45) is 0.638. The molecule has 3 rings (SSSR count). The smallest absolute Gasteiger partial charge is 0.416 e. The number of benzene rings is 1. The molecule has 10 nitrogen and oxygen atoms in total. The Hall–Kier alpha value is -3.89. The monoisotopic (exact) mass is 430 g/mol. The van der Waals surface area contributed by atoms with Crippen molar-refractivity contribution < 1.29 is 23.9 Å². The van der Waals surface area contributed by atoms with E-state index in [9.17, 15) is 9.18 Å². The van der Waals surface area contributed by atoms with Crippen LogP contribution in [0.1, 0.15) is 31.9 Å². The number of oxime groups is 1. The van der Waals surface area contributed by atoms with Crippen LogP contribution in [-0.4, -0.2) is 44.4 Å². The summed E-state index contributed by atoms with van der Waals surface area (Å²) in [5, 5.41) is 19.9. The van der Waals surface area contributed by atoms with Gasteiger partial charge < -0.3 is 20.4 Å². The molecule has 3 aromatic rings. The number of amides is 1. The van der Waals surface area contributed by atoms with Crippen molar-refractivity contribution in [1.82, 2.24) is 14.6 Å². The number of hydrogen-bond donors (Lipinski definition) is 2. The van der Waals surface area contributed by atoms with Crippen LogP contribution in [0, 0.1) is 5.82 Å². The molecule has 0 radical (unpaired) electrons. The number of carbonyl (C=O) groups is 1. The van der Waals surface area contributed by atoms with Crippen molar-refractivity contribution in [1.29, 1.82) is 0 Å². The Labute approximate surface area is 177 Å². The van der Waals surface area contributed by atoms with E-state index in [2.05, 4.69) is 15.4 Å². The maximum absolute atomic E-state index is 14.6. The van der Waals surface area contributed by atoms with Gasteiger partial charge in [-0.3, -0.25) is 9.30 Å². The normalized spacial score (nSPS) is 12.1. The van der Waals surface area contributed by atoms with E-state index in [1.54, 1.807) is 32.9 Å². The van der Waals surface area contributed by atoms with Crippen LogP contribution in [0.25, 0.3) is 5.65 Å². The molecule has 2 heterocycles. The van der Waals surface area contributed by atoms with Gasteiger partial charge in [0.25, 0.3) is 0 Å². The number of pyridine rings is 1. The van der Waals surface area contributed by atoms with E-state index in [4.69, 9.17) is 20.4 Å². The summed E-state index contributed by atoms with van der Waals surface area (Å²) in [5.74, 6) is -0.152. The molecule has 0 saturated carbocycles. The van der Waals surface area contributed by atoms with Crippen molar-refractivity contribution in [3.63, 3.8) is 0 Å². The van der Waals surface area contributed by atoms with Crippen molar-refractivity contribution in [3.05, 3.63) is 53.6 Å². The Bertz CT molecular complexity index is 1140. The summed E-state index contributed by atoms with van der Waals surface area (Å²) in [6, 6.07) is 7.45. The number of amidine groups is 1. The molecule has 0 aliphatic carbocycles. The second-order valence-electron chi connectivity index (χ2n) is 7.60. The Balaban J connectivity index is 2.17. The zero-order valence-corrected chi connectivity index (χ0v) is 17.5. The second kappa shape index (κ2) is 8.46. The molecule has 0 saturated heterocycles. The summed E-state index contributed by atoms with van der Waals surface area (Å²) in [5.41, 5.74) is 5.63. The maximum Gasteiger partial charge on any atom is 0.416 e. The molecule has 31 heavy (non-hydrogen) atoms. The minimum absolute atomic E-state index is 0.164. The lowest BCUT2D eigenvalue weighted by atomic mass is 10.1. The summed E-state index contributed by atoms with van der Waals surface area (Å²) >= 11 is 0. The lowest BCUT2D eigenvalue weighted by Crippen LogP contribution is -2.38. The van der Waals surface area contributed by atoms with Gasteiger partial charge in [-0.1, -0.05) is 11.2 Å². The minimum Gasteiger partial charge on any atom is -0.496 e. The third-order valence-corrected chi connectivity index (χ3v) is 4.32. The number of nitrogens with zero attached hydrogens (tertiary/aromatic N) is 5. The Morgan fingerprint density at radius 3 is 2.71 bits per heavy atom. The highest BCUT2D eigenvalue weighted by Crippen LogP contribution is 2.28. The van der Waals surface area contributed by atoms with E-state index in [1.165, 1.54) is 40.9 Å². The van der Waals surface area contributed by atoms with Crippen molar-refractivity contribution in [2.45, 2.75) is 32.9 Å². The van der Waals surface area contributed by atoms with Crippen LogP contribution in [0.15, 0.2) is 41.8 Å². The standard InChI is InChI=1S/C20H23FN6O4/c1-20(2,3)31-19(28)26(10-13-14(21)6-5-7-15(13)30-4)16-9-8-12(17(22)25-29)18-24-23-11-27(16)18/h5-9,11,29H,10H2,1-4H3,(H2,22,25). The van der Waals surface area contributed by atoms with Gasteiger partial charge in [0.1, 0.15) is 29.3 Å². The molecule has 11 heteroatoms. The SMILES string of the molecule is COc1cccc(F)c1CN(C(=O)OC(C)(C)C)c1ccc(C(N)=NO)c2nncn12. The number of methoxy groups -OCH3 is 1. The fourth-order valence-corrected chi connectivity index (χ4v) is 2.97. The highest BCUT2D eigenvalue weighted by Gasteiger charge is 2.28. The summed E-state index contributed by atoms with van der Waals surface area (Å²) in [4.78, 5) is 14.3. The van der Waals surface area contributed by atoms with Gasteiger partial charge in [0, 0.05) is 5.56 Å². The highest BCUT2D eigenvalue weighted by atomic mass is 19.1. The van der Waals surface area contributed by atoms with Crippen molar-refractivity contribution >= 4 is 23.4 Å². The predicted octanol–water partition coefficient (Wildman–Crippen LogP) is 2.91. The molecule has 0 spiro atoms. The Kier molecular flexibility index (Phi) is 5.95. The summed E-state index contributed by atoms with van der Waals surface area (Å²) in [7, 11) is 1.42. The molecule has 3 N–H and O–H groups in total. The lowest BCUT2D eigenvalue weighted by molar-refractivity contribution is 0.0575. The van der Waals surface area contributed by atoms with Crippen LogP contribution in [0.3, 0.4) is 0 Å². The largest absolute Gasteiger partial charge is 0.496 e. The average molecular weight is 430 g/mol. The third-order valence-electron chi connectivity index (χ3n) is 4.32. The molecule has 0 bridgehead atoms. The highest BCUT2D eigenvalue weighted by molar-refractivity contribution is 6.03. The number of nitrogens with two attached hydrogens (primary N) is 1. The molecular formula is C20H23FN6O4. The molecule has 2 aromatic heterocycles. The van der Waals surface area contributed by atoms with Crippen LogP contribution >= 0.6 is 0 Å². The van der Waals surface area contributed by atoms with Crippen LogP contribution in [0.5, 0.6) is 5.75 Å². The van der Waals surface area contributed by atoms with Gasteiger partial charge in [0.15, 0.2) is 11.5 Å². The number of carbonyl (C=O) groups excluding carboxylic acids is 1. The van der Waals surface area contributed by atoms with Gasteiger partial charge in [-0.2, -0.15) is 0 Å². The predicted molar refractivity (Wildman–Crippen MR) is 111 cm³/mol. The Morgan fingerprint density at radius 2 is 2.06 bits per heavy atom. The zero-order chi connectivity index (χ0) is 22.8. The van der Waals surface area contributed by atoms with E-state index in [1.807, 2.05) is 0 Å². The summed E-state index contributed by atoms with van der Waals surface area (Å²) in [6.45, 7) is 4.98. The molecule has 0 aliphatic heterocycles. The Morgan fingerprint density at radius 1 is 1.32 bits per heavy atom. The number of ether oxygens (including phenoxy) is 2. The average Bonchev–Trinajstić information content (AvgIpc) is 3.20. The quantitative estimate of drug-likeness (QED) is 0.276. The minimum atomic E-state index is -0.797. The molecule has 0 aliphatic rings. The number of anilines is 1. The van der Waals surface area contributed by atoms with Gasteiger partial charge in [0.2, 0.25) is 0 Å². The first-order chi connectivity index (χ1) is 14.7. The van der Waals surface area contributed by atoms with Crippen molar-refractivity contribution in [2.24, 2.45) is 10.9 Å². The fraction of sp³-hybridized carbons (Fsp3) is 0.300. The molecular weight excluding hydrogens is 407 g/mol. The first-order valence-corrected chi connectivity index (χ1v) is 9.28. The van der Waals surface area contributed by atoms with Crippen LogP contribution in [0.2, 0.25) is 0 Å². The molecule has 0 atom stereocenters. The molecule has 0 fully saturated rings. The number of fused-ring (bicyclic) bond motifs is 1. The van der Waals surface area contributed by atoms with Gasteiger partial charge in [-0.15, -0.1) is 10.2 Å². The molecule has 1 amide bonds. The zero-order valence-electron chi connectivity index (χ0n) is 17.5. The molecule has 0 unspecified atom stereocenters. The third kappa shape index (κ3) is 4.49. The second-order valence-corrected chi connectivity index (χ2v) is 7.60. The summed E-state index contributed by atoms with van der Waals surface area (Å²) < 4.78 is 26.9. The number of hydrogen-bond acceptors (Lipinski definition) is 7. The van der Waals surface area contributed by atoms with Crippen molar-refractivity contribution in [3.8, 4) is 5.75 Å². The van der Waals surface area contributed by atoms with E-state index in [-0.39, 0.29) is 35.2 Å². The van der Waals surface area contributed by atoms with E-state index < -0.39 is 17.5 Å². The van der Waals surface area contributed by atoms with Crippen LogP contribution < -0.4 is 15.4 Å².